The number of hydrogen-bond acceptors (Lipinski definition) is 4. The first-order chi connectivity index (χ1) is 9.03. The number of hydrogen-bond donors (Lipinski definition) is 1. The summed E-state index contributed by atoms with van der Waals surface area (Å²) in [5.41, 5.74) is 2.20. The zero-order valence-corrected chi connectivity index (χ0v) is 12.4. The molecule has 4 nitrogen and oxygen atoms in total. The molecule has 0 bridgehead atoms. The molecule has 19 heavy (non-hydrogen) atoms. The molecular weight excluding hydrogens is 260 g/mol. The number of anilines is 2. The van der Waals surface area contributed by atoms with Gasteiger partial charge in [0.15, 0.2) is 9.84 Å². The van der Waals surface area contributed by atoms with Gasteiger partial charge in [-0.2, -0.15) is 0 Å². The van der Waals surface area contributed by atoms with Gasteiger partial charge in [0.05, 0.1) is 17.1 Å². The van der Waals surface area contributed by atoms with Gasteiger partial charge in [0.1, 0.15) is 0 Å². The molecule has 1 unspecified atom stereocenters. The van der Waals surface area contributed by atoms with E-state index in [1.54, 1.807) is 0 Å². The molecule has 0 fully saturated rings. The third kappa shape index (κ3) is 3.41. The van der Waals surface area contributed by atoms with Crippen LogP contribution in [0, 0.1) is 0 Å². The van der Waals surface area contributed by atoms with Crippen molar-refractivity contribution in [2.45, 2.75) is 26.3 Å². The van der Waals surface area contributed by atoms with Gasteiger partial charge >= 0.3 is 0 Å². The molecule has 5 heteroatoms. The monoisotopic (exact) mass is 282 g/mol. The summed E-state index contributed by atoms with van der Waals surface area (Å²) in [4.78, 5) is 2.19. The first-order valence-corrected chi connectivity index (χ1v) is 8.65. The number of benzene rings is 1. The van der Waals surface area contributed by atoms with Crippen LogP contribution in [0.1, 0.15) is 20.3 Å². The fraction of sp³-hybridized carbons (Fsp3) is 0.571. The van der Waals surface area contributed by atoms with Crippen LogP contribution in [0.25, 0.3) is 0 Å². The summed E-state index contributed by atoms with van der Waals surface area (Å²) in [5.74, 6) is 0.522. The first-order valence-electron chi connectivity index (χ1n) is 6.83. The Labute approximate surface area is 115 Å². The van der Waals surface area contributed by atoms with Crippen molar-refractivity contribution in [3.05, 3.63) is 24.3 Å². The minimum Gasteiger partial charge on any atom is -0.381 e. The van der Waals surface area contributed by atoms with Gasteiger partial charge in [-0.1, -0.05) is 19.1 Å². The van der Waals surface area contributed by atoms with Crippen LogP contribution in [0.5, 0.6) is 0 Å². The second-order valence-electron chi connectivity index (χ2n) is 5.09. The van der Waals surface area contributed by atoms with Crippen molar-refractivity contribution in [3.8, 4) is 0 Å². The lowest BCUT2D eigenvalue weighted by molar-refractivity contribution is 0.588. The molecule has 1 aliphatic rings. The molecule has 1 aromatic carbocycles. The Morgan fingerprint density at radius 2 is 2.05 bits per heavy atom. The predicted molar refractivity (Wildman–Crippen MR) is 80.7 cm³/mol. The van der Waals surface area contributed by atoms with Gasteiger partial charge in [0.25, 0.3) is 0 Å². The third-order valence-electron chi connectivity index (χ3n) is 3.49. The maximum atomic E-state index is 11.8. The Morgan fingerprint density at radius 1 is 1.32 bits per heavy atom. The number of fused-ring (bicyclic) bond motifs is 1. The molecule has 0 amide bonds. The highest BCUT2D eigenvalue weighted by atomic mass is 32.2. The standard InChI is InChI=1S/C14H22N2O2S/c1-3-9-19(17,18)10-8-16-12(2)11-15-13-6-4-5-7-14(13)16/h4-7,12,15H,3,8-11H2,1-2H3. The van der Waals surface area contributed by atoms with E-state index in [1.807, 2.05) is 31.2 Å². The van der Waals surface area contributed by atoms with Crippen molar-refractivity contribution >= 4 is 21.2 Å². The van der Waals surface area contributed by atoms with Gasteiger partial charge in [-0.3, -0.25) is 0 Å². The topological polar surface area (TPSA) is 49.4 Å². The van der Waals surface area contributed by atoms with E-state index in [-0.39, 0.29) is 11.5 Å². The van der Waals surface area contributed by atoms with Crippen LogP contribution in [0.3, 0.4) is 0 Å². The zero-order chi connectivity index (χ0) is 13.9. The largest absolute Gasteiger partial charge is 0.381 e. The molecule has 0 aliphatic carbocycles. The van der Waals surface area contributed by atoms with Crippen LogP contribution in [0.4, 0.5) is 11.4 Å². The smallest absolute Gasteiger partial charge is 0.152 e. The van der Waals surface area contributed by atoms with Crippen molar-refractivity contribution in [1.29, 1.82) is 0 Å². The van der Waals surface area contributed by atoms with Crippen molar-refractivity contribution in [2.75, 3.05) is 34.8 Å². The van der Waals surface area contributed by atoms with Crippen LogP contribution in [-0.4, -0.2) is 39.1 Å². The Kier molecular flexibility index (Phi) is 4.34. The van der Waals surface area contributed by atoms with Crippen molar-refractivity contribution in [3.63, 3.8) is 0 Å². The van der Waals surface area contributed by atoms with Crippen LogP contribution < -0.4 is 10.2 Å². The lowest BCUT2D eigenvalue weighted by atomic mass is 10.1. The molecule has 1 heterocycles. The fourth-order valence-corrected chi connectivity index (χ4v) is 3.77. The van der Waals surface area contributed by atoms with Crippen LogP contribution >= 0.6 is 0 Å². The number of nitrogens with zero attached hydrogens (tertiary/aromatic N) is 1. The lowest BCUT2D eigenvalue weighted by Gasteiger charge is -2.37. The maximum absolute atomic E-state index is 11.8. The number of nitrogens with one attached hydrogen (secondary N) is 1. The summed E-state index contributed by atoms with van der Waals surface area (Å²) < 4.78 is 23.7. The molecule has 0 spiro atoms. The molecule has 0 aromatic heterocycles. The maximum Gasteiger partial charge on any atom is 0.152 e. The molecule has 0 radical (unpaired) electrons. The van der Waals surface area contributed by atoms with Gasteiger partial charge in [-0.25, -0.2) is 8.42 Å². The van der Waals surface area contributed by atoms with Gasteiger partial charge < -0.3 is 10.2 Å². The molecule has 106 valence electrons. The first kappa shape index (κ1) is 14.2. The van der Waals surface area contributed by atoms with E-state index in [9.17, 15) is 8.42 Å². The van der Waals surface area contributed by atoms with E-state index in [2.05, 4.69) is 17.1 Å². The Morgan fingerprint density at radius 3 is 2.79 bits per heavy atom. The molecule has 0 saturated heterocycles. The van der Waals surface area contributed by atoms with E-state index in [0.717, 1.165) is 17.9 Å². The Bertz CT molecular complexity index is 528. The van der Waals surface area contributed by atoms with Gasteiger partial charge in [-0.15, -0.1) is 0 Å². The Hall–Kier alpha value is -1.23. The summed E-state index contributed by atoms with van der Waals surface area (Å²) in [6.45, 7) is 5.45. The van der Waals surface area contributed by atoms with E-state index < -0.39 is 9.84 Å². The highest BCUT2D eigenvalue weighted by molar-refractivity contribution is 7.91. The Balaban J connectivity index is 2.12. The molecular formula is C14H22N2O2S. The SMILES string of the molecule is CCCS(=O)(=O)CCN1c2ccccc2NCC1C. The van der Waals surface area contributed by atoms with Crippen molar-refractivity contribution < 1.29 is 8.42 Å². The van der Waals surface area contributed by atoms with Crippen LogP contribution in [0.15, 0.2) is 24.3 Å². The van der Waals surface area contributed by atoms with Crippen molar-refractivity contribution in [2.24, 2.45) is 0 Å². The molecule has 1 N–H and O–H groups in total. The predicted octanol–water partition coefficient (Wildman–Crippen LogP) is 2.13. The normalized spacial score (nSPS) is 18.8. The molecule has 2 rings (SSSR count). The van der Waals surface area contributed by atoms with Crippen molar-refractivity contribution in [1.82, 2.24) is 0 Å². The summed E-state index contributed by atoms with van der Waals surface area (Å²) in [6, 6.07) is 8.38. The van der Waals surface area contributed by atoms with Crippen LogP contribution in [0.2, 0.25) is 0 Å². The molecule has 1 atom stereocenters. The number of sulfone groups is 1. The lowest BCUT2D eigenvalue weighted by Crippen LogP contribution is -2.44. The third-order valence-corrected chi connectivity index (χ3v) is 5.33. The van der Waals surface area contributed by atoms with E-state index >= 15 is 0 Å². The second-order valence-corrected chi connectivity index (χ2v) is 7.40. The van der Waals surface area contributed by atoms with E-state index in [0.29, 0.717) is 19.0 Å². The van der Waals surface area contributed by atoms with E-state index in [1.165, 1.54) is 0 Å². The van der Waals surface area contributed by atoms with Gasteiger partial charge in [0.2, 0.25) is 0 Å². The van der Waals surface area contributed by atoms with Crippen LogP contribution in [-0.2, 0) is 9.84 Å². The molecule has 1 aromatic rings. The summed E-state index contributed by atoms with van der Waals surface area (Å²) in [5, 5.41) is 3.37. The highest BCUT2D eigenvalue weighted by Crippen LogP contribution is 2.30. The summed E-state index contributed by atoms with van der Waals surface area (Å²) in [6.07, 6.45) is 0.691. The highest BCUT2D eigenvalue weighted by Gasteiger charge is 2.23. The molecule has 0 saturated carbocycles. The molecule has 1 aliphatic heterocycles. The van der Waals surface area contributed by atoms with E-state index in [4.69, 9.17) is 0 Å². The summed E-state index contributed by atoms with van der Waals surface area (Å²) >= 11 is 0. The number of para-hydroxylation sites is 2. The zero-order valence-electron chi connectivity index (χ0n) is 11.6. The minimum absolute atomic E-state index is 0.236. The fourth-order valence-electron chi connectivity index (χ4n) is 2.47. The summed E-state index contributed by atoms with van der Waals surface area (Å²) in [7, 11) is -2.92. The van der Waals surface area contributed by atoms with Gasteiger partial charge in [-0.05, 0) is 25.5 Å². The minimum atomic E-state index is -2.92. The van der Waals surface area contributed by atoms with Gasteiger partial charge in [0, 0.05) is 24.9 Å². The average Bonchev–Trinajstić information content (AvgIpc) is 2.37. The quantitative estimate of drug-likeness (QED) is 0.899. The second kappa shape index (κ2) is 5.82. The number of rotatable bonds is 5. The average molecular weight is 282 g/mol.